The lowest BCUT2D eigenvalue weighted by atomic mass is 10.4. The Morgan fingerprint density at radius 3 is 1.50 bits per heavy atom. The van der Waals surface area contributed by atoms with Crippen molar-refractivity contribution < 1.29 is 0 Å². The van der Waals surface area contributed by atoms with Crippen molar-refractivity contribution in [3.8, 4) is 11.5 Å². The van der Waals surface area contributed by atoms with E-state index in [0.29, 0.717) is 0 Å². The van der Waals surface area contributed by atoms with Crippen LogP contribution in [-0.4, -0.2) is 14.2 Å². The Kier molecular flexibility index (Phi) is 9.17. The Balaban J connectivity index is 2.28. The van der Waals surface area contributed by atoms with Gasteiger partial charge in [-0.25, -0.2) is 0 Å². The highest BCUT2D eigenvalue weighted by atomic mass is 31.1. The normalized spacial score (nSPS) is 11.2. The van der Waals surface area contributed by atoms with Gasteiger partial charge < -0.3 is 0 Å². The molecule has 2 heteroatoms. The van der Waals surface area contributed by atoms with Gasteiger partial charge in [-0.05, 0) is 36.7 Å². The SMILES string of the molecule is CCC[Si](C#CCP(c1ccccc1)c1ccccc1)(CCC)CCC. The first-order valence-corrected chi connectivity index (χ1v) is 14.3. The van der Waals surface area contributed by atoms with Crippen LogP contribution in [-0.2, 0) is 0 Å². The molecule has 0 aliphatic carbocycles. The molecule has 0 radical (unpaired) electrons. The van der Waals surface area contributed by atoms with E-state index in [-0.39, 0.29) is 7.92 Å². The average molecular weight is 381 g/mol. The van der Waals surface area contributed by atoms with Gasteiger partial charge in [-0.3, -0.25) is 0 Å². The number of benzene rings is 2. The Bertz CT molecular complexity index is 628. The second kappa shape index (κ2) is 11.4. The van der Waals surface area contributed by atoms with Crippen LogP contribution in [0.1, 0.15) is 40.0 Å². The summed E-state index contributed by atoms with van der Waals surface area (Å²) in [6, 6.07) is 26.1. The lowest BCUT2D eigenvalue weighted by Gasteiger charge is -2.25. The summed E-state index contributed by atoms with van der Waals surface area (Å²) < 4.78 is 0. The van der Waals surface area contributed by atoms with Crippen LogP contribution in [0.4, 0.5) is 0 Å². The van der Waals surface area contributed by atoms with Crippen LogP contribution >= 0.6 is 7.92 Å². The summed E-state index contributed by atoms with van der Waals surface area (Å²) in [6.07, 6.45) is 4.85. The molecule has 2 rings (SSSR count). The summed E-state index contributed by atoms with van der Waals surface area (Å²) in [5.74, 6) is 3.72. The van der Waals surface area contributed by atoms with Gasteiger partial charge in [-0.2, -0.15) is 0 Å². The van der Waals surface area contributed by atoms with Crippen LogP contribution in [0.5, 0.6) is 0 Å². The molecule has 0 aliphatic rings. The molecule has 0 saturated carbocycles. The number of hydrogen-bond donors (Lipinski definition) is 0. The molecule has 0 aliphatic heterocycles. The van der Waals surface area contributed by atoms with E-state index in [1.54, 1.807) is 0 Å². The van der Waals surface area contributed by atoms with E-state index in [1.165, 1.54) is 48.0 Å². The summed E-state index contributed by atoms with van der Waals surface area (Å²) >= 11 is 0. The predicted molar refractivity (Wildman–Crippen MR) is 123 cm³/mol. The van der Waals surface area contributed by atoms with Crippen molar-refractivity contribution in [3.63, 3.8) is 0 Å². The predicted octanol–water partition coefficient (Wildman–Crippen LogP) is 6.34. The zero-order chi connectivity index (χ0) is 18.7. The van der Waals surface area contributed by atoms with Gasteiger partial charge in [-0.15, -0.1) is 11.5 Å². The molecule has 138 valence electrons. The maximum Gasteiger partial charge on any atom is 0.138 e. The molecule has 0 amide bonds. The highest BCUT2D eigenvalue weighted by Crippen LogP contribution is 2.33. The maximum atomic E-state index is 3.91. The number of rotatable bonds is 9. The fourth-order valence-corrected chi connectivity index (χ4v) is 10.4. The van der Waals surface area contributed by atoms with Gasteiger partial charge in [0.1, 0.15) is 8.07 Å². The van der Waals surface area contributed by atoms with Gasteiger partial charge in [0, 0.05) is 6.16 Å². The molecule has 0 bridgehead atoms. The van der Waals surface area contributed by atoms with E-state index < -0.39 is 8.07 Å². The smallest absolute Gasteiger partial charge is 0.131 e. The Morgan fingerprint density at radius 1 is 0.692 bits per heavy atom. The van der Waals surface area contributed by atoms with E-state index in [2.05, 4.69) is 92.9 Å². The lowest BCUT2D eigenvalue weighted by molar-refractivity contribution is 0.940. The van der Waals surface area contributed by atoms with Crippen LogP contribution in [0.2, 0.25) is 18.1 Å². The second-order valence-corrected chi connectivity index (χ2v) is 13.6. The molecule has 0 fully saturated rings. The monoisotopic (exact) mass is 380 g/mol. The van der Waals surface area contributed by atoms with E-state index in [0.717, 1.165) is 6.16 Å². The van der Waals surface area contributed by atoms with Crippen LogP contribution in [0, 0.1) is 11.5 Å². The maximum absolute atomic E-state index is 3.91. The first kappa shape index (κ1) is 21.0. The lowest BCUT2D eigenvalue weighted by Crippen LogP contribution is -2.32. The van der Waals surface area contributed by atoms with Crippen molar-refractivity contribution in [2.45, 2.75) is 58.2 Å². The first-order valence-electron chi connectivity index (χ1n) is 10.1. The molecule has 0 spiro atoms. The van der Waals surface area contributed by atoms with Crippen molar-refractivity contribution in [1.82, 2.24) is 0 Å². The first-order chi connectivity index (χ1) is 12.7. The van der Waals surface area contributed by atoms with Crippen LogP contribution in [0.3, 0.4) is 0 Å². The van der Waals surface area contributed by atoms with Crippen molar-refractivity contribution in [2.24, 2.45) is 0 Å². The van der Waals surface area contributed by atoms with E-state index >= 15 is 0 Å². The summed E-state index contributed by atoms with van der Waals surface area (Å²) in [7, 11) is -1.80. The van der Waals surface area contributed by atoms with E-state index in [4.69, 9.17) is 0 Å². The third kappa shape index (κ3) is 6.12. The minimum absolute atomic E-state index is 0.383. The minimum Gasteiger partial charge on any atom is -0.131 e. The Morgan fingerprint density at radius 2 is 1.12 bits per heavy atom. The summed E-state index contributed by atoms with van der Waals surface area (Å²) in [6.45, 7) is 6.99. The van der Waals surface area contributed by atoms with Gasteiger partial charge in [-0.1, -0.05) is 101 Å². The molecule has 0 nitrogen and oxygen atoms in total. The molecule has 0 unspecified atom stereocenters. The second-order valence-electron chi connectivity index (χ2n) is 7.09. The molecule has 0 saturated heterocycles. The highest BCUT2D eigenvalue weighted by Gasteiger charge is 2.28. The van der Waals surface area contributed by atoms with Gasteiger partial charge >= 0.3 is 0 Å². The summed E-state index contributed by atoms with van der Waals surface area (Å²) in [5.41, 5.74) is 3.91. The van der Waals surface area contributed by atoms with E-state index in [9.17, 15) is 0 Å². The van der Waals surface area contributed by atoms with Crippen molar-refractivity contribution in [1.29, 1.82) is 0 Å². The summed E-state index contributed by atoms with van der Waals surface area (Å²) in [4.78, 5) is 0. The molecular formula is C24H33PSi. The fraction of sp³-hybridized carbons (Fsp3) is 0.417. The molecular weight excluding hydrogens is 347 g/mol. The van der Waals surface area contributed by atoms with Crippen LogP contribution in [0.25, 0.3) is 0 Å². The van der Waals surface area contributed by atoms with Crippen molar-refractivity contribution in [2.75, 3.05) is 6.16 Å². The standard InChI is InChI=1S/C24H33PSi/c1-4-19-26(20-5-2,21-6-3)22-13-18-25(23-14-9-7-10-15-23)24-16-11-8-12-17-24/h7-12,14-17H,4-6,18-21H2,1-3H3. The topological polar surface area (TPSA) is 0 Å². The minimum atomic E-state index is -1.41. The van der Waals surface area contributed by atoms with E-state index in [1.807, 2.05) is 0 Å². The third-order valence-electron chi connectivity index (χ3n) is 4.91. The quantitative estimate of drug-likeness (QED) is 0.270. The molecule has 0 heterocycles. The van der Waals surface area contributed by atoms with Gasteiger partial charge in [0.15, 0.2) is 0 Å². The zero-order valence-corrected chi connectivity index (χ0v) is 18.6. The third-order valence-corrected chi connectivity index (χ3v) is 12.3. The average Bonchev–Trinajstić information content (AvgIpc) is 2.67. The highest BCUT2D eigenvalue weighted by molar-refractivity contribution is 7.73. The van der Waals surface area contributed by atoms with Crippen molar-refractivity contribution in [3.05, 3.63) is 60.7 Å². The fourth-order valence-electron chi connectivity index (χ4n) is 3.85. The van der Waals surface area contributed by atoms with Crippen molar-refractivity contribution >= 4 is 26.6 Å². The molecule has 0 aromatic heterocycles. The van der Waals surface area contributed by atoms with Gasteiger partial charge in [0.25, 0.3) is 0 Å². The van der Waals surface area contributed by atoms with Gasteiger partial charge in [0.2, 0.25) is 0 Å². The summed E-state index contributed by atoms with van der Waals surface area (Å²) in [5, 5.41) is 2.88. The van der Waals surface area contributed by atoms with Crippen LogP contribution < -0.4 is 10.6 Å². The zero-order valence-electron chi connectivity index (χ0n) is 16.7. The molecule has 26 heavy (non-hydrogen) atoms. The largest absolute Gasteiger partial charge is 0.138 e. The molecule has 2 aromatic rings. The number of hydrogen-bond acceptors (Lipinski definition) is 0. The molecule has 0 N–H and O–H groups in total. The van der Waals surface area contributed by atoms with Gasteiger partial charge in [0.05, 0.1) is 0 Å². The Labute approximate surface area is 163 Å². The molecule has 2 aromatic carbocycles. The Hall–Kier alpha value is -1.35. The van der Waals surface area contributed by atoms with Crippen LogP contribution in [0.15, 0.2) is 60.7 Å². The molecule has 0 atom stereocenters.